The Bertz CT molecular complexity index is 795. The van der Waals surface area contributed by atoms with Crippen LogP contribution in [0.25, 0.3) is 16.9 Å². The van der Waals surface area contributed by atoms with Crippen molar-refractivity contribution in [2.24, 2.45) is 0 Å². The highest BCUT2D eigenvalue weighted by molar-refractivity contribution is 5.69. The van der Waals surface area contributed by atoms with Gasteiger partial charge < -0.3 is 5.73 Å². The van der Waals surface area contributed by atoms with Crippen molar-refractivity contribution in [2.75, 3.05) is 5.73 Å². The number of para-hydroxylation sites is 1. The molecule has 2 aromatic carbocycles. The van der Waals surface area contributed by atoms with Crippen molar-refractivity contribution in [3.8, 4) is 16.9 Å². The summed E-state index contributed by atoms with van der Waals surface area (Å²) in [6, 6.07) is 13.1. The molecule has 0 atom stereocenters. The first-order valence-corrected chi connectivity index (χ1v) is 6.44. The Morgan fingerprint density at radius 3 is 2.38 bits per heavy atom. The SMILES string of the molecule is Cc1c(-c2ccc(F)c(F)c2)nn(-c2ccccc2)c1N. The van der Waals surface area contributed by atoms with E-state index in [1.54, 1.807) is 11.6 Å². The lowest BCUT2D eigenvalue weighted by atomic mass is 10.1. The summed E-state index contributed by atoms with van der Waals surface area (Å²) in [5, 5.41) is 4.42. The molecule has 106 valence electrons. The molecule has 5 heteroatoms. The summed E-state index contributed by atoms with van der Waals surface area (Å²) in [6.07, 6.45) is 0. The van der Waals surface area contributed by atoms with Gasteiger partial charge in [-0.1, -0.05) is 18.2 Å². The first kappa shape index (κ1) is 13.3. The third-order valence-corrected chi connectivity index (χ3v) is 3.36. The van der Waals surface area contributed by atoms with Crippen LogP contribution in [0.5, 0.6) is 0 Å². The van der Waals surface area contributed by atoms with Crippen molar-refractivity contribution in [3.63, 3.8) is 0 Å². The van der Waals surface area contributed by atoms with Gasteiger partial charge in [0, 0.05) is 11.1 Å². The van der Waals surface area contributed by atoms with Crippen LogP contribution in [0.2, 0.25) is 0 Å². The molecule has 0 fully saturated rings. The van der Waals surface area contributed by atoms with E-state index in [1.165, 1.54) is 6.07 Å². The van der Waals surface area contributed by atoms with Crippen LogP contribution in [0.1, 0.15) is 5.56 Å². The minimum atomic E-state index is -0.903. The number of anilines is 1. The van der Waals surface area contributed by atoms with Crippen LogP contribution in [0, 0.1) is 18.6 Å². The molecule has 0 spiro atoms. The highest BCUT2D eigenvalue weighted by atomic mass is 19.2. The van der Waals surface area contributed by atoms with Crippen molar-refractivity contribution >= 4 is 5.82 Å². The number of rotatable bonds is 2. The smallest absolute Gasteiger partial charge is 0.159 e. The van der Waals surface area contributed by atoms with Gasteiger partial charge in [-0.3, -0.25) is 0 Å². The summed E-state index contributed by atoms with van der Waals surface area (Å²) in [4.78, 5) is 0. The van der Waals surface area contributed by atoms with E-state index in [4.69, 9.17) is 5.73 Å². The third kappa shape index (κ3) is 2.27. The Labute approximate surface area is 120 Å². The second-order valence-corrected chi connectivity index (χ2v) is 4.74. The maximum Gasteiger partial charge on any atom is 0.159 e. The molecule has 0 aliphatic carbocycles. The summed E-state index contributed by atoms with van der Waals surface area (Å²) in [5.74, 6) is -1.31. The van der Waals surface area contributed by atoms with E-state index in [1.807, 2.05) is 30.3 Å². The third-order valence-electron chi connectivity index (χ3n) is 3.36. The molecule has 0 aliphatic heterocycles. The number of nitrogen functional groups attached to an aromatic ring is 1. The highest BCUT2D eigenvalue weighted by Crippen LogP contribution is 2.29. The number of aromatic nitrogens is 2. The predicted octanol–water partition coefficient (Wildman–Crippen LogP) is 3.71. The van der Waals surface area contributed by atoms with Crippen molar-refractivity contribution in [3.05, 3.63) is 65.7 Å². The molecular weight excluding hydrogens is 272 g/mol. The molecule has 0 radical (unpaired) electrons. The Morgan fingerprint density at radius 2 is 1.71 bits per heavy atom. The summed E-state index contributed by atoms with van der Waals surface area (Å²) in [6.45, 7) is 1.80. The van der Waals surface area contributed by atoms with E-state index in [0.29, 0.717) is 17.1 Å². The number of hydrogen-bond donors (Lipinski definition) is 1. The van der Waals surface area contributed by atoms with Gasteiger partial charge in [0.2, 0.25) is 0 Å². The normalized spacial score (nSPS) is 10.8. The first-order chi connectivity index (χ1) is 10.1. The molecule has 3 rings (SSSR count). The summed E-state index contributed by atoms with van der Waals surface area (Å²) >= 11 is 0. The number of hydrogen-bond acceptors (Lipinski definition) is 2. The molecule has 0 saturated carbocycles. The standard InChI is InChI=1S/C16H13F2N3/c1-10-15(11-7-8-13(17)14(18)9-11)20-21(16(10)19)12-5-3-2-4-6-12/h2-9H,19H2,1H3. The summed E-state index contributed by atoms with van der Waals surface area (Å²) < 4.78 is 28.0. The van der Waals surface area contributed by atoms with E-state index >= 15 is 0 Å². The van der Waals surface area contributed by atoms with E-state index in [2.05, 4.69) is 5.10 Å². The lowest BCUT2D eigenvalue weighted by Gasteiger charge is -2.02. The Balaban J connectivity index is 2.15. The first-order valence-electron chi connectivity index (χ1n) is 6.44. The van der Waals surface area contributed by atoms with Gasteiger partial charge in [0.1, 0.15) is 5.82 Å². The molecule has 0 unspecified atom stereocenters. The number of halogens is 2. The predicted molar refractivity (Wildman–Crippen MR) is 78.1 cm³/mol. The maximum absolute atomic E-state index is 13.4. The molecule has 3 aromatic rings. The molecule has 0 aliphatic rings. The molecule has 1 heterocycles. The quantitative estimate of drug-likeness (QED) is 0.780. The van der Waals surface area contributed by atoms with Crippen LogP contribution in [0.4, 0.5) is 14.6 Å². The fraction of sp³-hybridized carbons (Fsp3) is 0.0625. The lowest BCUT2D eigenvalue weighted by molar-refractivity contribution is 0.509. The largest absolute Gasteiger partial charge is 0.383 e. The zero-order chi connectivity index (χ0) is 15.0. The average molecular weight is 285 g/mol. The number of benzene rings is 2. The van der Waals surface area contributed by atoms with E-state index < -0.39 is 11.6 Å². The van der Waals surface area contributed by atoms with Gasteiger partial charge in [-0.05, 0) is 37.3 Å². The van der Waals surface area contributed by atoms with E-state index in [0.717, 1.165) is 23.4 Å². The number of nitrogens with zero attached hydrogens (tertiary/aromatic N) is 2. The van der Waals surface area contributed by atoms with Gasteiger partial charge in [0.25, 0.3) is 0 Å². The van der Waals surface area contributed by atoms with Crippen molar-refractivity contribution in [1.82, 2.24) is 9.78 Å². The second-order valence-electron chi connectivity index (χ2n) is 4.74. The Kier molecular flexibility index (Phi) is 3.17. The summed E-state index contributed by atoms with van der Waals surface area (Å²) in [5.41, 5.74) is 8.64. The minimum absolute atomic E-state index is 0.473. The zero-order valence-corrected chi connectivity index (χ0v) is 11.3. The topological polar surface area (TPSA) is 43.8 Å². The van der Waals surface area contributed by atoms with Gasteiger partial charge >= 0.3 is 0 Å². The molecule has 1 aromatic heterocycles. The second kappa shape index (κ2) is 5.01. The van der Waals surface area contributed by atoms with Crippen molar-refractivity contribution in [1.29, 1.82) is 0 Å². The highest BCUT2D eigenvalue weighted by Gasteiger charge is 2.15. The van der Waals surface area contributed by atoms with Crippen LogP contribution in [-0.2, 0) is 0 Å². The Morgan fingerprint density at radius 1 is 1.00 bits per heavy atom. The van der Waals surface area contributed by atoms with Crippen LogP contribution in [-0.4, -0.2) is 9.78 Å². The van der Waals surface area contributed by atoms with Crippen LogP contribution in [0.15, 0.2) is 48.5 Å². The molecule has 3 nitrogen and oxygen atoms in total. The molecule has 0 bridgehead atoms. The maximum atomic E-state index is 13.4. The molecule has 2 N–H and O–H groups in total. The van der Waals surface area contributed by atoms with Gasteiger partial charge in [0.05, 0.1) is 11.4 Å². The lowest BCUT2D eigenvalue weighted by Crippen LogP contribution is -2.01. The van der Waals surface area contributed by atoms with Gasteiger partial charge in [0.15, 0.2) is 11.6 Å². The summed E-state index contributed by atoms with van der Waals surface area (Å²) in [7, 11) is 0. The average Bonchev–Trinajstić information content (AvgIpc) is 2.79. The van der Waals surface area contributed by atoms with Gasteiger partial charge in [-0.2, -0.15) is 5.10 Å². The van der Waals surface area contributed by atoms with Crippen LogP contribution in [0.3, 0.4) is 0 Å². The number of nitrogens with two attached hydrogens (primary N) is 1. The molecular formula is C16H13F2N3. The van der Waals surface area contributed by atoms with Crippen molar-refractivity contribution < 1.29 is 8.78 Å². The zero-order valence-electron chi connectivity index (χ0n) is 11.3. The van der Waals surface area contributed by atoms with Crippen molar-refractivity contribution in [2.45, 2.75) is 6.92 Å². The van der Waals surface area contributed by atoms with E-state index in [-0.39, 0.29) is 0 Å². The Hall–Kier alpha value is -2.69. The molecule has 21 heavy (non-hydrogen) atoms. The molecule has 0 amide bonds. The van der Waals surface area contributed by atoms with Crippen LogP contribution >= 0.6 is 0 Å². The van der Waals surface area contributed by atoms with E-state index in [9.17, 15) is 8.78 Å². The fourth-order valence-electron chi connectivity index (χ4n) is 2.19. The monoisotopic (exact) mass is 285 g/mol. The van der Waals surface area contributed by atoms with Crippen LogP contribution < -0.4 is 5.73 Å². The van der Waals surface area contributed by atoms with Gasteiger partial charge in [-0.25, -0.2) is 13.5 Å². The molecule has 0 saturated heterocycles. The van der Waals surface area contributed by atoms with Gasteiger partial charge in [-0.15, -0.1) is 0 Å². The fourth-order valence-corrected chi connectivity index (χ4v) is 2.19. The minimum Gasteiger partial charge on any atom is -0.383 e.